The Morgan fingerprint density at radius 3 is 2.82 bits per heavy atom. The number of aromatic amines is 1. The number of H-pyrrole nitrogens is 1. The highest BCUT2D eigenvalue weighted by Gasteiger charge is 2.27. The second kappa shape index (κ2) is 6.60. The standard InChI is InChI=1S/C20H20N8/c21-8-5-12-1-3-13(4-2-12)28-17-14-6-9-23-18(14)25-11-16(17)26-19(28)15-7-10-24-20(22)27-15/h6-7,9-13H,1-5H2,(H,23,25)(H2,22,24,27). The zero-order valence-electron chi connectivity index (χ0n) is 15.3. The quantitative estimate of drug-likeness (QED) is 0.566. The van der Waals surface area contributed by atoms with Crippen molar-refractivity contribution in [1.82, 2.24) is 29.5 Å². The van der Waals surface area contributed by atoms with Crippen molar-refractivity contribution >= 4 is 28.0 Å². The lowest BCUT2D eigenvalue weighted by molar-refractivity contribution is 0.283. The van der Waals surface area contributed by atoms with Gasteiger partial charge < -0.3 is 15.3 Å². The molecule has 8 nitrogen and oxygen atoms in total. The Balaban J connectivity index is 1.69. The molecule has 0 spiro atoms. The van der Waals surface area contributed by atoms with Crippen molar-refractivity contribution in [3.63, 3.8) is 0 Å². The molecule has 4 aromatic rings. The molecule has 4 aromatic heterocycles. The molecule has 8 heteroatoms. The lowest BCUT2D eigenvalue weighted by Crippen LogP contribution is -2.19. The van der Waals surface area contributed by atoms with Crippen LogP contribution in [0.5, 0.6) is 0 Å². The van der Waals surface area contributed by atoms with E-state index < -0.39 is 0 Å². The van der Waals surface area contributed by atoms with E-state index in [1.165, 1.54) is 0 Å². The Kier molecular flexibility index (Phi) is 3.93. The van der Waals surface area contributed by atoms with Gasteiger partial charge >= 0.3 is 0 Å². The number of anilines is 1. The Bertz CT molecular complexity index is 1190. The number of nitrogen functional groups attached to an aromatic ring is 1. The Hall–Kier alpha value is -3.47. The average Bonchev–Trinajstić information content (AvgIpc) is 3.33. The van der Waals surface area contributed by atoms with Crippen LogP contribution in [0.4, 0.5) is 5.95 Å². The molecule has 0 aromatic carbocycles. The Labute approximate surface area is 161 Å². The summed E-state index contributed by atoms with van der Waals surface area (Å²) in [5, 5.41) is 10.1. The number of aromatic nitrogens is 6. The van der Waals surface area contributed by atoms with E-state index in [-0.39, 0.29) is 5.95 Å². The number of nitriles is 1. The van der Waals surface area contributed by atoms with Gasteiger partial charge in [0.15, 0.2) is 5.82 Å². The molecule has 1 fully saturated rings. The second-order valence-corrected chi connectivity index (χ2v) is 7.37. The van der Waals surface area contributed by atoms with Crippen LogP contribution in [0.15, 0.2) is 30.7 Å². The van der Waals surface area contributed by atoms with Gasteiger partial charge in [0.1, 0.15) is 16.9 Å². The molecule has 1 aliphatic rings. The average molecular weight is 372 g/mol. The van der Waals surface area contributed by atoms with Gasteiger partial charge in [-0.2, -0.15) is 5.26 Å². The van der Waals surface area contributed by atoms with E-state index in [0.29, 0.717) is 24.1 Å². The van der Waals surface area contributed by atoms with Gasteiger partial charge in [-0.15, -0.1) is 0 Å². The predicted octanol–water partition coefficient (Wildman–Crippen LogP) is 3.60. The molecule has 0 bridgehead atoms. The third-order valence-electron chi connectivity index (χ3n) is 5.70. The van der Waals surface area contributed by atoms with Gasteiger partial charge in [-0.25, -0.2) is 19.9 Å². The number of imidazole rings is 1. The predicted molar refractivity (Wildman–Crippen MR) is 106 cm³/mol. The normalized spacial score (nSPS) is 19.8. The van der Waals surface area contributed by atoms with E-state index >= 15 is 0 Å². The highest BCUT2D eigenvalue weighted by molar-refractivity contribution is 6.02. The summed E-state index contributed by atoms with van der Waals surface area (Å²) < 4.78 is 2.30. The van der Waals surface area contributed by atoms with Gasteiger partial charge in [0.05, 0.1) is 17.8 Å². The molecule has 3 N–H and O–H groups in total. The van der Waals surface area contributed by atoms with E-state index in [1.807, 2.05) is 18.3 Å². The highest BCUT2D eigenvalue weighted by atomic mass is 15.1. The number of nitrogens with one attached hydrogen (secondary N) is 1. The molecule has 140 valence electrons. The summed E-state index contributed by atoms with van der Waals surface area (Å²) >= 11 is 0. The summed E-state index contributed by atoms with van der Waals surface area (Å²) in [5.74, 6) is 1.52. The molecule has 0 atom stereocenters. The van der Waals surface area contributed by atoms with Crippen molar-refractivity contribution in [3.8, 4) is 17.6 Å². The monoisotopic (exact) mass is 372 g/mol. The maximum atomic E-state index is 9.02. The molecular weight excluding hydrogens is 352 g/mol. The van der Waals surface area contributed by atoms with E-state index in [9.17, 15) is 0 Å². The van der Waals surface area contributed by atoms with Crippen LogP contribution in [0, 0.1) is 17.2 Å². The van der Waals surface area contributed by atoms with Crippen LogP contribution in [0.3, 0.4) is 0 Å². The molecular formula is C20H20N8. The molecule has 0 unspecified atom stereocenters. The van der Waals surface area contributed by atoms with E-state index in [0.717, 1.165) is 53.6 Å². The largest absolute Gasteiger partial charge is 0.368 e. The van der Waals surface area contributed by atoms with Crippen LogP contribution >= 0.6 is 0 Å². The number of pyridine rings is 1. The molecule has 0 amide bonds. The summed E-state index contributed by atoms with van der Waals surface area (Å²) in [6.45, 7) is 0. The van der Waals surface area contributed by atoms with Crippen molar-refractivity contribution in [2.45, 2.75) is 38.1 Å². The summed E-state index contributed by atoms with van der Waals surface area (Å²) in [4.78, 5) is 21.0. The van der Waals surface area contributed by atoms with Crippen molar-refractivity contribution in [1.29, 1.82) is 5.26 Å². The molecule has 28 heavy (non-hydrogen) atoms. The van der Waals surface area contributed by atoms with E-state index in [4.69, 9.17) is 16.0 Å². The minimum atomic E-state index is 0.235. The number of hydrogen-bond donors (Lipinski definition) is 2. The number of hydrogen-bond acceptors (Lipinski definition) is 6. The van der Waals surface area contributed by atoms with E-state index in [1.54, 1.807) is 12.4 Å². The summed E-state index contributed by atoms with van der Waals surface area (Å²) in [6.07, 6.45) is 10.1. The van der Waals surface area contributed by atoms with Crippen molar-refractivity contribution in [3.05, 3.63) is 30.7 Å². The van der Waals surface area contributed by atoms with Crippen LogP contribution in [-0.4, -0.2) is 29.5 Å². The molecule has 1 aliphatic carbocycles. The van der Waals surface area contributed by atoms with Crippen LogP contribution in [0.1, 0.15) is 38.1 Å². The number of rotatable bonds is 3. The first-order valence-electron chi connectivity index (χ1n) is 9.54. The molecule has 0 aliphatic heterocycles. The number of nitrogens with zero attached hydrogens (tertiary/aromatic N) is 6. The molecule has 0 saturated heterocycles. The molecule has 1 saturated carbocycles. The van der Waals surface area contributed by atoms with Crippen LogP contribution in [0.25, 0.3) is 33.6 Å². The summed E-state index contributed by atoms with van der Waals surface area (Å²) in [6, 6.07) is 6.50. The molecule has 4 heterocycles. The third-order valence-corrected chi connectivity index (χ3v) is 5.70. The van der Waals surface area contributed by atoms with Gasteiger partial charge in [-0.05, 0) is 43.7 Å². The van der Waals surface area contributed by atoms with E-state index in [2.05, 4.69) is 30.6 Å². The van der Waals surface area contributed by atoms with Crippen LogP contribution < -0.4 is 5.73 Å². The van der Waals surface area contributed by atoms with Crippen molar-refractivity contribution < 1.29 is 0 Å². The first kappa shape index (κ1) is 16.7. The first-order valence-corrected chi connectivity index (χ1v) is 9.54. The van der Waals surface area contributed by atoms with Crippen LogP contribution in [0.2, 0.25) is 0 Å². The Morgan fingerprint density at radius 2 is 2.04 bits per heavy atom. The SMILES string of the molecule is N#CCC1CCC(n2c(-c3ccnc(N)n3)nc3cnc4[nH]ccc4c32)CC1. The van der Waals surface area contributed by atoms with Gasteiger partial charge in [0.2, 0.25) is 5.95 Å². The zero-order chi connectivity index (χ0) is 19.1. The molecule has 5 rings (SSSR count). The third kappa shape index (κ3) is 2.67. The lowest BCUT2D eigenvalue weighted by atomic mass is 9.84. The summed E-state index contributed by atoms with van der Waals surface area (Å²) in [7, 11) is 0. The number of nitrogens with two attached hydrogens (primary N) is 1. The second-order valence-electron chi connectivity index (χ2n) is 7.37. The topological polar surface area (TPSA) is 122 Å². The lowest BCUT2D eigenvalue weighted by Gasteiger charge is -2.29. The highest BCUT2D eigenvalue weighted by Crippen LogP contribution is 2.39. The number of fused-ring (bicyclic) bond motifs is 3. The van der Waals surface area contributed by atoms with Gasteiger partial charge in [-0.3, -0.25) is 0 Å². The minimum Gasteiger partial charge on any atom is -0.368 e. The fourth-order valence-corrected chi connectivity index (χ4v) is 4.36. The van der Waals surface area contributed by atoms with Gasteiger partial charge in [-0.1, -0.05) is 0 Å². The smallest absolute Gasteiger partial charge is 0.220 e. The first-order chi connectivity index (χ1) is 13.7. The maximum Gasteiger partial charge on any atom is 0.220 e. The maximum absolute atomic E-state index is 9.02. The summed E-state index contributed by atoms with van der Waals surface area (Å²) in [5.41, 5.74) is 9.32. The Morgan fingerprint density at radius 1 is 1.18 bits per heavy atom. The van der Waals surface area contributed by atoms with Crippen molar-refractivity contribution in [2.75, 3.05) is 5.73 Å². The fraction of sp³-hybridized carbons (Fsp3) is 0.350. The van der Waals surface area contributed by atoms with Gasteiger partial charge in [0, 0.05) is 30.2 Å². The minimum absolute atomic E-state index is 0.235. The fourth-order valence-electron chi connectivity index (χ4n) is 4.36. The molecule has 0 radical (unpaired) electrons. The zero-order valence-corrected chi connectivity index (χ0v) is 15.3. The van der Waals surface area contributed by atoms with Gasteiger partial charge in [0.25, 0.3) is 0 Å². The van der Waals surface area contributed by atoms with Crippen LogP contribution in [-0.2, 0) is 0 Å². The van der Waals surface area contributed by atoms with Crippen molar-refractivity contribution in [2.24, 2.45) is 5.92 Å².